The zero-order chi connectivity index (χ0) is 22.9. The molecule has 2 N–H and O–H groups in total. The molecule has 32 heavy (non-hydrogen) atoms. The van der Waals surface area contributed by atoms with Gasteiger partial charge in [0, 0.05) is 30.7 Å². The standard InChI is InChI=1S/C21H14F5N3O3/c22-13-1-3-15(16(9-13)28-11-12-5-7-27-8-6-12)19(30)29-14-2-4-17-18(10-14)32-21(25,26)20(23,24)31-17/h1-10,28H,11H2,(H,29,30). The molecule has 1 aromatic heterocycles. The average molecular weight is 451 g/mol. The molecule has 4 rings (SSSR count). The first-order chi connectivity index (χ1) is 15.1. The summed E-state index contributed by atoms with van der Waals surface area (Å²) in [6.07, 6.45) is -6.56. The van der Waals surface area contributed by atoms with Gasteiger partial charge in [-0.25, -0.2) is 4.39 Å². The summed E-state index contributed by atoms with van der Waals surface area (Å²) < 4.78 is 75.1. The van der Waals surface area contributed by atoms with E-state index in [4.69, 9.17) is 0 Å². The Labute approximate surface area is 178 Å². The second-order valence-corrected chi connectivity index (χ2v) is 6.75. The Kier molecular flexibility index (Phi) is 5.33. The summed E-state index contributed by atoms with van der Waals surface area (Å²) in [6, 6.07) is 9.98. The minimum atomic E-state index is -4.89. The number of halogens is 5. The summed E-state index contributed by atoms with van der Waals surface area (Å²) in [5, 5.41) is 5.39. The van der Waals surface area contributed by atoms with E-state index in [1.54, 1.807) is 24.5 Å². The van der Waals surface area contributed by atoms with Crippen molar-refractivity contribution in [3.05, 3.63) is 77.9 Å². The Bertz CT molecular complexity index is 1160. The third kappa shape index (κ3) is 4.27. The van der Waals surface area contributed by atoms with Crippen LogP contribution in [0.25, 0.3) is 0 Å². The molecule has 0 atom stereocenters. The number of hydrogen-bond donors (Lipinski definition) is 2. The molecule has 0 spiro atoms. The van der Waals surface area contributed by atoms with Crippen molar-refractivity contribution in [1.82, 2.24) is 4.98 Å². The van der Waals surface area contributed by atoms with Crippen molar-refractivity contribution in [2.24, 2.45) is 0 Å². The van der Waals surface area contributed by atoms with E-state index in [1.165, 1.54) is 12.1 Å². The molecule has 0 unspecified atom stereocenters. The van der Waals surface area contributed by atoms with Gasteiger partial charge in [0.15, 0.2) is 11.5 Å². The minimum Gasteiger partial charge on any atom is -0.421 e. The van der Waals surface area contributed by atoms with Gasteiger partial charge < -0.3 is 20.1 Å². The van der Waals surface area contributed by atoms with Gasteiger partial charge in [-0.3, -0.25) is 9.78 Å². The van der Waals surface area contributed by atoms with E-state index in [-0.39, 0.29) is 23.5 Å². The third-order valence-electron chi connectivity index (χ3n) is 4.48. The van der Waals surface area contributed by atoms with Crippen molar-refractivity contribution in [2.75, 3.05) is 10.6 Å². The number of pyridine rings is 1. The average Bonchev–Trinajstić information content (AvgIpc) is 2.73. The van der Waals surface area contributed by atoms with Crippen LogP contribution in [0.15, 0.2) is 60.9 Å². The smallest absolute Gasteiger partial charge is 0.421 e. The highest BCUT2D eigenvalue weighted by atomic mass is 19.3. The lowest BCUT2D eigenvalue weighted by Gasteiger charge is -2.31. The summed E-state index contributed by atoms with van der Waals surface area (Å²) in [5.74, 6) is -2.56. The van der Waals surface area contributed by atoms with Crippen LogP contribution in [-0.2, 0) is 6.54 Å². The van der Waals surface area contributed by atoms with Gasteiger partial charge in [-0.15, -0.1) is 0 Å². The van der Waals surface area contributed by atoms with Gasteiger partial charge in [0.05, 0.1) is 11.3 Å². The van der Waals surface area contributed by atoms with E-state index in [0.29, 0.717) is 0 Å². The number of carbonyl (C=O) groups excluding carboxylic acids is 1. The first kappa shape index (κ1) is 21.3. The molecule has 1 amide bonds. The zero-order valence-corrected chi connectivity index (χ0v) is 16.0. The molecule has 0 fully saturated rings. The van der Waals surface area contributed by atoms with Crippen LogP contribution in [0.4, 0.5) is 33.3 Å². The molecule has 0 bridgehead atoms. The van der Waals surface area contributed by atoms with Gasteiger partial charge in [0.2, 0.25) is 0 Å². The maximum atomic E-state index is 13.7. The molecule has 6 nitrogen and oxygen atoms in total. The molecule has 0 saturated heterocycles. The highest BCUT2D eigenvalue weighted by Gasteiger charge is 2.65. The van der Waals surface area contributed by atoms with Gasteiger partial charge in [0.25, 0.3) is 5.91 Å². The predicted molar refractivity (Wildman–Crippen MR) is 104 cm³/mol. The second kappa shape index (κ2) is 7.98. The normalized spacial score (nSPS) is 15.7. The maximum Gasteiger partial charge on any atom is 0.507 e. The first-order valence-electron chi connectivity index (χ1n) is 9.16. The number of aromatic nitrogens is 1. The number of fused-ring (bicyclic) bond motifs is 1. The highest BCUT2D eigenvalue weighted by molar-refractivity contribution is 6.08. The Balaban J connectivity index is 1.53. The van der Waals surface area contributed by atoms with Crippen molar-refractivity contribution in [1.29, 1.82) is 0 Å². The second-order valence-electron chi connectivity index (χ2n) is 6.75. The van der Waals surface area contributed by atoms with E-state index in [0.717, 1.165) is 29.8 Å². The molecule has 0 saturated carbocycles. The minimum absolute atomic E-state index is 0.0252. The largest absolute Gasteiger partial charge is 0.507 e. The molecular weight excluding hydrogens is 437 g/mol. The van der Waals surface area contributed by atoms with Gasteiger partial charge in [0.1, 0.15) is 5.82 Å². The molecule has 0 radical (unpaired) electrons. The van der Waals surface area contributed by atoms with Crippen LogP contribution in [0.3, 0.4) is 0 Å². The number of alkyl halides is 4. The molecule has 1 aliphatic rings. The number of benzene rings is 2. The number of hydrogen-bond acceptors (Lipinski definition) is 5. The molecule has 1 aliphatic heterocycles. The fourth-order valence-electron chi connectivity index (χ4n) is 2.90. The summed E-state index contributed by atoms with van der Waals surface area (Å²) in [6.45, 7) is 0.277. The molecule has 3 aromatic rings. The van der Waals surface area contributed by atoms with Crippen molar-refractivity contribution in [2.45, 2.75) is 18.8 Å². The zero-order valence-electron chi connectivity index (χ0n) is 16.0. The number of nitrogens with one attached hydrogen (secondary N) is 2. The predicted octanol–water partition coefficient (Wildman–Crippen LogP) is 5.04. The summed E-state index contributed by atoms with van der Waals surface area (Å²) in [7, 11) is 0. The van der Waals surface area contributed by atoms with Crippen LogP contribution in [-0.4, -0.2) is 23.1 Å². The van der Waals surface area contributed by atoms with E-state index in [1.807, 2.05) is 0 Å². The van der Waals surface area contributed by atoms with E-state index in [9.17, 15) is 26.7 Å². The van der Waals surface area contributed by atoms with Crippen LogP contribution >= 0.6 is 0 Å². The number of rotatable bonds is 5. The Morgan fingerprint density at radius 1 is 0.906 bits per heavy atom. The lowest BCUT2D eigenvalue weighted by atomic mass is 10.1. The first-order valence-corrected chi connectivity index (χ1v) is 9.16. The van der Waals surface area contributed by atoms with Crippen LogP contribution < -0.4 is 20.1 Å². The van der Waals surface area contributed by atoms with E-state index in [2.05, 4.69) is 25.1 Å². The van der Waals surface area contributed by atoms with Crippen molar-refractivity contribution in [3.63, 3.8) is 0 Å². The molecule has 166 valence electrons. The fraction of sp³-hybridized carbons (Fsp3) is 0.143. The van der Waals surface area contributed by atoms with Crippen LogP contribution in [0.2, 0.25) is 0 Å². The number of carbonyl (C=O) groups is 1. The topological polar surface area (TPSA) is 72.5 Å². The van der Waals surface area contributed by atoms with Gasteiger partial charge >= 0.3 is 12.2 Å². The van der Waals surface area contributed by atoms with Crippen molar-refractivity contribution >= 4 is 17.3 Å². The fourth-order valence-corrected chi connectivity index (χ4v) is 2.90. The summed E-state index contributed by atoms with van der Waals surface area (Å²) >= 11 is 0. The van der Waals surface area contributed by atoms with E-state index >= 15 is 0 Å². The monoisotopic (exact) mass is 451 g/mol. The molecule has 0 aliphatic carbocycles. The molecule has 2 heterocycles. The number of amides is 1. The third-order valence-corrected chi connectivity index (χ3v) is 4.48. The number of nitrogens with zero attached hydrogens (tertiary/aromatic N) is 1. The SMILES string of the molecule is O=C(Nc1ccc2c(c1)OC(F)(F)C(F)(F)O2)c1ccc(F)cc1NCc1ccncc1. The maximum absolute atomic E-state index is 13.7. The van der Waals surface area contributed by atoms with Crippen LogP contribution in [0.1, 0.15) is 15.9 Å². The molecule has 2 aromatic carbocycles. The van der Waals surface area contributed by atoms with Crippen LogP contribution in [0.5, 0.6) is 11.5 Å². The quantitative estimate of drug-likeness (QED) is 0.532. The molecular formula is C21H14F5N3O3. The number of ether oxygens (including phenoxy) is 2. The lowest BCUT2D eigenvalue weighted by Crippen LogP contribution is -2.52. The number of anilines is 2. The summed E-state index contributed by atoms with van der Waals surface area (Å²) in [5.41, 5.74) is 1.05. The van der Waals surface area contributed by atoms with Crippen LogP contribution in [0, 0.1) is 5.82 Å². The molecule has 11 heteroatoms. The van der Waals surface area contributed by atoms with Crippen molar-refractivity contribution in [3.8, 4) is 11.5 Å². The van der Waals surface area contributed by atoms with Gasteiger partial charge in [-0.05, 0) is 48.0 Å². The Morgan fingerprint density at radius 3 is 2.31 bits per heavy atom. The summed E-state index contributed by atoms with van der Waals surface area (Å²) in [4.78, 5) is 16.6. The highest BCUT2D eigenvalue weighted by Crippen LogP contribution is 2.47. The van der Waals surface area contributed by atoms with E-state index < -0.39 is 35.4 Å². The van der Waals surface area contributed by atoms with Crippen molar-refractivity contribution < 1.29 is 36.2 Å². The van der Waals surface area contributed by atoms with Gasteiger partial charge in [-0.2, -0.15) is 17.6 Å². The Morgan fingerprint density at radius 2 is 1.59 bits per heavy atom. The van der Waals surface area contributed by atoms with Gasteiger partial charge in [-0.1, -0.05) is 0 Å². The Hall–Kier alpha value is -3.89. The lowest BCUT2D eigenvalue weighted by molar-refractivity contribution is -0.391.